The lowest BCUT2D eigenvalue weighted by Gasteiger charge is -2.37. The molecule has 1 aliphatic rings. The number of hydrogen-bond donors (Lipinski definition) is 1. The van der Waals surface area contributed by atoms with Gasteiger partial charge in [0.1, 0.15) is 0 Å². The second-order valence-corrected chi connectivity index (χ2v) is 5.93. The van der Waals surface area contributed by atoms with Crippen LogP contribution in [0.1, 0.15) is 53.4 Å². The van der Waals surface area contributed by atoms with Crippen molar-refractivity contribution >= 4 is 0 Å². The summed E-state index contributed by atoms with van der Waals surface area (Å²) in [5.41, 5.74) is 0. The van der Waals surface area contributed by atoms with Crippen molar-refractivity contribution < 1.29 is 0 Å². The fourth-order valence-corrected chi connectivity index (χ4v) is 3.24. The Hall–Kier alpha value is -0.0800. The lowest BCUT2D eigenvalue weighted by Crippen LogP contribution is -2.45. The van der Waals surface area contributed by atoms with E-state index in [1.165, 1.54) is 51.9 Å². The Morgan fingerprint density at radius 3 is 2.53 bits per heavy atom. The third-order valence-corrected chi connectivity index (χ3v) is 4.06. The maximum absolute atomic E-state index is 3.54. The summed E-state index contributed by atoms with van der Waals surface area (Å²) in [4.78, 5) is 2.75. The van der Waals surface area contributed by atoms with Gasteiger partial charge in [-0.25, -0.2) is 0 Å². The number of piperidine rings is 1. The lowest BCUT2D eigenvalue weighted by atomic mass is 9.94. The second kappa shape index (κ2) is 8.10. The van der Waals surface area contributed by atoms with Crippen molar-refractivity contribution in [3.63, 3.8) is 0 Å². The molecule has 2 heteroatoms. The first-order chi connectivity index (χ1) is 8.19. The van der Waals surface area contributed by atoms with E-state index in [0.29, 0.717) is 0 Å². The Bertz CT molecular complexity index is 185. The van der Waals surface area contributed by atoms with Crippen molar-refractivity contribution in [2.24, 2.45) is 11.8 Å². The van der Waals surface area contributed by atoms with Crippen molar-refractivity contribution in [2.75, 3.05) is 26.2 Å². The average molecular weight is 240 g/mol. The van der Waals surface area contributed by atoms with Crippen molar-refractivity contribution in [3.8, 4) is 0 Å². The Morgan fingerprint density at radius 1 is 1.29 bits per heavy atom. The maximum atomic E-state index is 3.54. The summed E-state index contributed by atoms with van der Waals surface area (Å²) in [6, 6.07) is 0.775. The van der Waals surface area contributed by atoms with Gasteiger partial charge >= 0.3 is 0 Å². The molecule has 0 bridgehead atoms. The van der Waals surface area contributed by atoms with Crippen LogP contribution in [0.5, 0.6) is 0 Å². The smallest absolute Gasteiger partial charge is 0.0116 e. The van der Waals surface area contributed by atoms with Crippen LogP contribution >= 0.6 is 0 Å². The monoisotopic (exact) mass is 240 g/mol. The van der Waals surface area contributed by atoms with Crippen LogP contribution in [-0.4, -0.2) is 37.1 Å². The molecule has 2 unspecified atom stereocenters. The zero-order chi connectivity index (χ0) is 12.7. The van der Waals surface area contributed by atoms with E-state index in [1.54, 1.807) is 0 Å². The third kappa shape index (κ3) is 4.97. The summed E-state index contributed by atoms with van der Waals surface area (Å²) in [7, 11) is 0. The van der Waals surface area contributed by atoms with E-state index in [-0.39, 0.29) is 0 Å². The topological polar surface area (TPSA) is 15.3 Å². The van der Waals surface area contributed by atoms with Crippen LogP contribution in [0.2, 0.25) is 0 Å². The van der Waals surface area contributed by atoms with E-state index in [1.807, 2.05) is 0 Å². The van der Waals surface area contributed by atoms with Gasteiger partial charge in [0.2, 0.25) is 0 Å². The largest absolute Gasteiger partial charge is 0.316 e. The van der Waals surface area contributed by atoms with Gasteiger partial charge in [-0.05, 0) is 57.2 Å². The van der Waals surface area contributed by atoms with Crippen molar-refractivity contribution in [1.82, 2.24) is 10.2 Å². The zero-order valence-electron chi connectivity index (χ0n) is 12.3. The summed E-state index contributed by atoms with van der Waals surface area (Å²) >= 11 is 0. The van der Waals surface area contributed by atoms with Gasteiger partial charge in [-0.1, -0.05) is 27.7 Å². The van der Waals surface area contributed by atoms with Gasteiger partial charge in [0, 0.05) is 12.6 Å². The van der Waals surface area contributed by atoms with Crippen LogP contribution < -0.4 is 5.32 Å². The molecular weight excluding hydrogens is 208 g/mol. The number of hydrogen-bond acceptors (Lipinski definition) is 2. The molecule has 0 aliphatic carbocycles. The highest BCUT2D eigenvalue weighted by Crippen LogP contribution is 2.19. The highest BCUT2D eigenvalue weighted by molar-refractivity contribution is 4.78. The molecule has 1 rings (SSSR count). The minimum atomic E-state index is 0.775. The average Bonchev–Trinajstić information content (AvgIpc) is 2.31. The van der Waals surface area contributed by atoms with Gasteiger partial charge < -0.3 is 5.32 Å². The SMILES string of the molecule is CCCN(CC1CCCNC1)C(CC)C(C)C. The van der Waals surface area contributed by atoms with Gasteiger partial charge in [0.25, 0.3) is 0 Å². The third-order valence-electron chi connectivity index (χ3n) is 4.06. The highest BCUT2D eigenvalue weighted by Gasteiger charge is 2.23. The van der Waals surface area contributed by atoms with E-state index >= 15 is 0 Å². The van der Waals surface area contributed by atoms with Crippen LogP contribution in [0.25, 0.3) is 0 Å². The van der Waals surface area contributed by atoms with Crippen LogP contribution in [0.15, 0.2) is 0 Å². The standard InChI is InChI=1S/C15H32N2/c1-5-10-17(15(6-2)13(3)4)12-14-8-7-9-16-11-14/h13-16H,5-12H2,1-4H3. The minimum absolute atomic E-state index is 0.775. The molecule has 2 nitrogen and oxygen atoms in total. The molecule has 17 heavy (non-hydrogen) atoms. The van der Waals surface area contributed by atoms with E-state index in [2.05, 4.69) is 37.9 Å². The van der Waals surface area contributed by atoms with Gasteiger partial charge in [-0.3, -0.25) is 4.90 Å². The summed E-state index contributed by atoms with van der Waals surface area (Å²) in [6.07, 6.45) is 5.35. The summed E-state index contributed by atoms with van der Waals surface area (Å²) in [6.45, 7) is 14.4. The summed E-state index contributed by atoms with van der Waals surface area (Å²) in [5.74, 6) is 1.66. The fourth-order valence-electron chi connectivity index (χ4n) is 3.24. The first-order valence-electron chi connectivity index (χ1n) is 7.63. The second-order valence-electron chi connectivity index (χ2n) is 5.93. The molecule has 0 aromatic rings. The molecule has 1 heterocycles. The molecule has 0 spiro atoms. The molecular formula is C15H32N2. The molecule has 1 aliphatic heterocycles. The Balaban J connectivity index is 2.50. The first kappa shape index (κ1) is 15.0. The predicted octanol–water partition coefficient (Wildman–Crippen LogP) is 3.13. The molecule has 0 aromatic heterocycles. The van der Waals surface area contributed by atoms with E-state index < -0.39 is 0 Å². The minimum Gasteiger partial charge on any atom is -0.316 e. The van der Waals surface area contributed by atoms with Gasteiger partial charge in [0.15, 0.2) is 0 Å². The van der Waals surface area contributed by atoms with E-state index in [4.69, 9.17) is 0 Å². The van der Waals surface area contributed by atoms with Gasteiger partial charge in [-0.2, -0.15) is 0 Å². The molecule has 0 aromatic carbocycles. The molecule has 1 fully saturated rings. The van der Waals surface area contributed by atoms with Gasteiger partial charge in [-0.15, -0.1) is 0 Å². The first-order valence-corrected chi connectivity index (χ1v) is 7.63. The number of nitrogens with one attached hydrogen (secondary N) is 1. The maximum Gasteiger partial charge on any atom is 0.0116 e. The van der Waals surface area contributed by atoms with Crippen LogP contribution in [0, 0.1) is 11.8 Å². The quantitative estimate of drug-likeness (QED) is 0.735. The van der Waals surface area contributed by atoms with E-state index in [0.717, 1.165) is 17.9 Å². The molecule has 0 amide bonds. The molecule has 1 N–H and O–H groups in total. The highest BCUT2D eigenvalue weighted by atomic mass is 15.2. The zero-order valence-corrected chi connectivity index (χ0v) is 12.3. The number of nitrogens with zero attached hydrogens (tertiary/aromatic N) is 1. The van der Waals surface area contributed by atoms with Crippen LogP contribution in [-0.2, 0) is 0 Å². The predicted molar refractivity (Wildman–Crippen MR) is 76.4 cm³/mol. The van der Waals surface area contributed by atoms with Crippen molar-refractivity contribution in [2.45, 2.75) is 59.4 Å². The van der Waals surface area contributed by atoms with E-state index in [9.17, 15) is 0 Å². The Morgan fingerprint density at radius 2 is 2.06 bits per heavy atom. The Labute approximate surface area is 108 Å². The number of rotatable bonds is 7. The Kier molecular flexibility index (Phi) is 7.14. The molecule has 2 atom stereocenters. The normalized spacial score (nSPS) is 23.3. The lowest BCUT2D eigenvalue weighted by molar-refractivity contribution is 0.119. The summed E-state index contributed by atoms with van der Waals surface area (Å²) < 4.78 is 0. The fraction of sp³-hybridized carbons (Fsp3) is 1.00. The molecule has 0 saturated carbocycles. The molecule has 0 radical (unpaired) electrons. The van der Waals surface area contributed by atoms with Crippen molar-refractivity contribution in [1.29, 1.82) is 0 Å². The van der Waals surface area contributed by atoms with Crippen LogP contribution in [0.4, 0.5) is 0 Å². The van der Waals surface area contributed by atoms with Gasteiger partial charge in [0.05, 0.1) is 0 Å². The molecule has 1 saturated heterocycles. The van der Waals surface area contributed by atoms with Crippen molar-refractivity contribution in [3.05, 3.63) is 0 Å². The summed E-state index contributed by atoms with van der Waals surface area (Å²) in [5, 5.41) is 3.54. The molecule has 102 valence electrons. The van der Waals surface area contributed by atoms with Crippen LogP contribution in [0.3, 0.4) is 0 Å².